The van der Waals surface area contributed by atoms with Crippen molar-refractivity contribution < 1.29 is 0 Å². The zero-order valence-electron chi connectivity index (χ0n) is 9.72. The lowest BCUT2D eigenvalue weighted by atomic mass is 10.0. The highest BCUT2D eigenvalue weighted by molar-refractivity contribution is 6.33. The standard InChI is InChI=1S/C13H19ClN2/c1-10-5-4-7-12(14)13(10)16-9-11-6-2-3-8-15-11/h4-5,7,11,15-16H,2-3,6,8-9H2,1H3. The highest BCUT2D eigenvalue weighted by Gasteiger charge is 2.12. The molecule has 0 amide bonds. The monoisotopic (exact) mass is 238 g/mol. The fourth-order valence-electron chi connectivity index (χ4n) is 2.18. The van der Waals surface area contributed by atoms with Crippen LogP contribution in [0.25, 0.3) is 0 Å². The average molecular weight is 239 g/mol. The van der Waals surface area contributed by atoms with E-state index in [1.165, 1.54) is 24.8 Å². The summed E-state index contributed by atoms with van der Waals surface area (Å²) in [5.41, 5.74) is 2.29. The van der Waals surface area contributed by atoms with Crippen molar-refractivity contribution in [3.63, 3.8) is 0 Å². The van der Waals surface area contributed by atoms with Crippen molar-refractivity contribution in [3.8, 4) is 0 Å². The Hall–Kier alpha value is -0.730. The minimum Gasteiger partial charge on any atom is -0.382 e. The molecule has 1 aliphatic rings. The molecule has 0 spiro atoms. The lowest BCUT2D eigenvalue weighted by Gasteiger charge is -2.24. The Morgan fingerprint density at radius 3 is 3.00 bits per heavy atom. The molecular weight excluding hydrogens is 220 g/mol. The molecule has 1 heterocycles. The van der Waals surface area contributed by atoms with Crippen LogP contribution >= 0.6 is 11.6 Å². The molecule has 88 valence electrons. The van der Waals surface area contributed by atoms with E-state index in [4.69, 9.17) is 11.6 Å². The van der Waals surface area contributed by atoms with Gasteiger partial charge < -0.3 is 10.6 Å². The second kappa shape index (κ2) is 5.55. The number of halogens is 1. The van der Waals surface area contributed by atoms with Crippen molar-refractivity contribution >= 4 is 17.3 Å². The maximum absolute atomic E-state index is 6.16. The maximum atomic E-state index is 6.16. The van der Waals surface area contributed by atoms with Crippen LogP contribution in [0.3, 0.4) is 0 Å². The third-order valence-electron chi connectivity index (χ3n) is 3.16. The zero-order chi connectivity index (χ0) is 11.4. The third kappa shape index (κ3) is 2.89. The Morgan fingerprint density at radius 1 is 1.44 bits per heavy atom. The molecule has 1 aliphatic heterocycles. The van der Waals surface area contributed by atoms with Gasteiger partial charge in [-0.2, -0.15) is 0 Å². The normalized spacial score (nSPS) is 20.8. The molecule has 2 nitrogen and oxygen atoms in total. The Labute approximate surface area is 102 Å². The summed E-state index contributed by atoms with van der Waals surface area (Å²) < 4.78 is 0. The van der Waals surface area contributed by atoms with E-state index in [1.807, 2.05) is 12.1 Å². The summed E-state index contributed by atoms with van der Waals surface area (Å²) >= 11 is 6.16. The Morgan fingerprint density at radius 2 is 2.31 bits per heavy atom. The quantitative estimate of drug-likeness (QED) is 0.845. The first-order valence-electron chi connectivity index (χ1n) is 6.00. The van der Waals surface area contributed by atoms with E-state index < -0.39 is 0 Å². The van der Waals surface area contributed by atoms with Gasteiger partial charge in [0.2, 0.25) is 0 Å². The minimum absolute atomic E-state index is 0.587. The van der Waals surface area contributed by atoms with Crippen molar-refractivity contribution in [3.05, 3.63) is 28.8 Å². The van der Waals surface area contributed by atoms with Gasteiger partial charge in [-0.3, -0.25) is 0 Å². The second-order valence-corrected chi connectivity index (χ2v) is 4.87. The molecule has 0 aliphatic carbocycles. The highest BCUT2D eigenvalue weighted by Crippen LogP contribution is 2.25. The molecule has 3 heteroatoms. The molecular formula is C13H19ClN2. The predicted molar refractivity (Wildman–Crippen MR) is 70.3 cm³/mol. The van der Waals surface area contributed by atoms with Crippen LogP contribution in [0.5, 0.6) is 0 Å². The number of para-hydroxylation sites is 1. The average Bonchev–Trinajstić information content (AvgIpc) is 2.30. The van der Waals surface area contributed by atoms with Crippen LogP contribution in [0, 0.1) is 6.92 Å². The number of benzene rings is 1. The van der Waals surface area contributed by atoms with Crippen LogP contribution in [-0.4, -0.2) is 19.1 Å². The van der Waals surface area contributed by atoms with Crippen molar-refractivity contribution in [2.24, 2.45) is 0 Å². The topological polar surface area (TPSA) is 24.1 Å². The molecule has 0 radical (unpaired) electrons. The number of aryl methyl sites for hydroxylation is 1. The van der Waals surface area contributed by atoms with Crippen LogP contribution in [0.2, 0.25) is 5.02 Å². The van der Waals surface area contributed by atoms with Crippen LogP contribution in [0.15, 0.2) is 18.2 Å². The van der Waals surface area contributed by atoms with E-state index in [2.05, 4.69) is 23.6 Å². The van der Waals surface area contributed by atoms with Gasteiger partial charge in [0.15, 0.2) is 0 Å². The Balaban J connectivity index is 1.93. The smallest absolute Gasteiger partial charge is 0.0640 e. The van der Waals surface area contributed by atoms with Crippen LogP contribution in [0.1, 0.15) is 24.8 Å². The Bertz CT molecular complexity index is 326. The highest BCUT2D eigenvalue weighted by atomic mass is 35.5. The van der Waals surface area contributed by atoms with Gasteiger partial charge in [-0.1, -0.05) is 30.2 Å². The number of rotatable bonds is 3. The maximum Gasteiger partial charge on any atom is 0.0640 e. The molecule has 1 saturated heterocycles. The van der Waals surface area contributed by atoms with Gasteiger partial charge in [-0.15, -0.1) is 0 Å². The largest absolute Gasteiger partial charge is 0.382 e. The van der Waals surface area contributed by atoms with E-state index in [0.29, 0.717) is 6.04 Å². The third-order valence-corrected chi connectivity index (χ3v) is 3.47. The fraction of sp³-hybridized carbons (Fsp3) is 0.538. The van der Waals surface area contributed by atoms with Crippen molar-refractivity contribution in [2.75, 3.05) is 18.4 Å². The number of anilines is 1. The Kier molecular flexibility index (Phi) is 4.08. The molecule has 0 bridgehead atoms. The molecule has 2 N–H and O–H groups in total. The first kappa shape index (κ1) is 11.7. The van der Waals surface area contributed by atoms with E-state index in [9.17, 15) is 0 Å². The second-order valence-electron chi connectivity index (χ2n) is 4.46. The summed E-state index contributed by atoms with van der Waals surface area (Å²) in [7, 11) is 0. The molecule has 1 fully saturated rings. The molecule has 0 aromatic heterocycles. The number of hydrogen-bond acceptors (Lipinski definition) is 2. The van der Waals surface area contributed by atoms with Gasteiger partial charge in [-0.05, 0) is 37.9 Å². The van der Waals surface area contributed by atoms with Crippen LogP contribution in [-0.2, 0) is 0 Å². The van der Waals surface area contributed by atoms with Crippen molar-refractivity contribution in [1.29, 1.82) is 0 Å². The van der Waals surface area contributed by atoms with Gasteiger partial charge >= 0.3 is 0 Å². The summed E-state index contributed by atoms with van der Waals surface area (Å²) in [6, 6.07) is 6.60. The number of hydrogen-bond donors (Lipinski definition) is 2. The predicted octanol–water partition coefficient (Wildman–Crippen LogP) is 3.20. The first-order valence-corrected chi connectivity index (χ1v) is 6.37. The minimum atomic E-state index is 0.587. The molecule has 2 rings (SSSR count). The summed E-state index contributed by atoms with van der Waals surface area (Å²) in [5.74, 6) is 0. The van der Waals surface area contributed by atoms with E-state index in [0.717, 1.165) is 23.8 Å². The van der Waals surface area contributed by atoms with Gasteiger partial charge in [-0.25, -0.2) is 0 Å². The first-order chi connectivity index (χ1) is 7.77. The van der Waals surface area contributed by atoms with E-state index in [1.54, 1.807) is 0 Å². The molecule has 1 aromatic rings. The summed E-state index contributed by atoms with van der Waals surface area (Å²) in [4.78, 5) is 0. The van der Waals surface area contributed by atoms with Crippen molar-refractivity contribution in [1.82, 2.24) is 5.32 Å². The van der Waals surface area contributed by atoms with Gasteiger partial charge in [0, 0.05) is 12.6 Å². The fourth-order valence-corrected chi connectivity index (χ4v) is 2.47. The SMILES string of the molecule is Cc1cccc(Cl)c1NCC1CCCCN1. The van der Waals surface area contributed by atoms with Gasteiger partial charge in [0.1, 0.15) is 0 Å². The number of nitrogens with one attached hydrogen (secondary N) is 2. The molecule has 1 atom stereocenters. The molecule has 0 saturated carbocycles. The molecule has 1 unspecified atom stereocenters. The van der Waals surface area contributed by atoms with Gasteiger partial charge in [0.25, 0.3) is 0 Å². The van der Waals surface area contributed by atoms with E-state index >= 15 is 0 Å². The zero-order valence-corrected chi connectivity index (χ0v) is 10.5. The lowest BCUT2D eigenvalue weighted by molar-refractivity contribution is 0.414. The van der Waals surface area contributed by atoms with Crippen molar-refractivity contribution in [2.45, 2.75) is 32.2 Å². The number of piperidine rings is 1. The summed E-state index contributed by atoms with van der Waals surface area (Å²) in [5, 5.41) is 7.79. The van der Waals surface area contributed by atoms with E-state index in [-0.39, 0.29) is 0 Å². The lowest BCUT2D eigenvalue weighted by Crippen LogP contribution is -2.39. The van der Waals surface area contributed by atoms with Crippen LogP contribution < -0.4 is 10.6 Å². The summed E-state index contributed by atoms with van der Waals surface area (Å²) in [6.07, 6.45) is 3.90. The molecule has 16 heavy (non-hydrogen) atoms. The van der Waals surface area contributed by atoms with Gasteiger partial charge in [0.05, 0.1) is 10.7 Å². The summed E-state index contributed by atoms with van der Waals surface area (Å²) in [6.45, 7) is 4.20. The molecule has 1 aromatic carbocycles. The van der Waals surface area contributed by atoms with Crippen LogP contribution in [0.4, 0.5) is 5.69 Å².